The SMILES string of the molecule is Cc1ccc(-c2cc(C(=O)N3CCC4CCC(C3)N4)[nH]n2)cc1. The minimum Gasteiger partial charge on any atom is -0.336 e. The molecule has 2 atom stereocenters. The Balaban J connectivity index is 1.51. The van der Waals surface area contributed by atoms with Crippen LogP contribution in [-0.4, -0.2) is 46.2 Å². The monoisotopic (exact) mass is 310 g/mol. The van der Waals surface area contributed by atoms with Gasteiger partial charge in [0.2, 0.25) is 0 Å². The highest BCUT2D eigenvalue weighted by Gasteiger charge is 2.31. The van der Waals surface area contributed by atoms with Gasteiger partial charge < -0.3 is 10.2 Å². The third-order valence-electron chi connectivity index (χ3n) is 4.97. The lowest BCUT2D eigenvalue weighted by Crippen LogP contribution is -2.39. The molecule has 2 unspecified atom stereocenters. The number of H-pyrrole nitrogens is 1. The van der Waals surface area contributed by atoms with Crippen LogP contribution in [0.5, 0.6) is 0 Å². The number of hydrogen-bond acceptors (Lipinski definition) is 3. The van der Waals surface area contributed by atoms with Crippen LogP contribution in [0.15, 0.2) is 30.3 Å². The smallest absolute Gasteiger partial charge is 0.271 e. The van der Waals surface area contributed by atoms with Crippen LogP contribution in [-0.2, 0) is 0 Å². The maximum absolute atomic E-state index is 12.8. The lowest BCUT2D eigenvalue weighted by molar-refractivity contribution is 0.0742. The standard InChI is InChI=1S/C18H22N4O/c1-12-2-4-13(5-3-12)16-10-17(21-20-16)18(23)22-9-8-14-6-7-15(11-22)19-14/h2-5,10,14-15,19H,6-9,11H2,1H3,(H,20,21). The van der Waals surface area contributed by atoms with Gasteiger partial charge in [-0.1, -0.05) is 29.8 Å². The van der Waals surface area contributed by atoms with Crippen molar-refractivity contribution < 1.29 is 4.79 Å². The summed E-state index contributed by atoms with van der Waals surface area (Å²) >= 11 is 0. The van der Waals surface area contributed by atoms with E-state index in [4.69, 9.17) is 0 Å². The summed E-state index contributed by atoms with van der Waals surface area (Å²) in [4.78, 5) is 14.7. The van der Waals surface area contributed by atoms with E-state index in [0.29, 0.717) is 17.8 Å². The lowest BCUT2D eigenvalue weighted by Gasteiger charge is -2.23. The number of nitrogens with zero attached hydrogens (tertiary/aromatic N) is 2. The Morgan fingerprint density at radius 3 is 2.78 bits per heavy atom. The summed E-state index contributed by atoms with van der Waals surface area (Å²) in [6.07, 6.45) is 3.46. The molecule has 23 heavy (non-hydrogen) atoms. The van der Waals surface area contributed by atoms with Crippen LogP contribution < -0.4 is 5.32 Å². The van der Waals surface area contributed by atoms with Crippen LogP contribution in [0.1, 0.15) is 35.3 Å². The molecule has 2 fully saturated rings. The molecule has 5 heteroatoms. The second-order valence-electron chi connectivity index (χ2n) is 6.71. The number of benzene rings is 1. The summed E-state index contributed by atoms with van der Waals surface area (Å²) in [5, 5.41) is 10.8. The highest BCUT2D eigenvalue weighted by atomic mass is 16.2. The molecule has 4 rings (SSSR count). The third kappa shape index (κ3) is 2.88. The number of fused-ring (bicyclic) bond motifs is 2. The van der Waals surface area contributed by atoms with Crippen molar-refractivity contribution in [3.05, 3.63) is 41.6 Å². The van der Waals surface area contributed by atoms with Crippen LogP contribution in [0.2, 0.25) is 0 Å². The van der Waals surface area contributed by atoms with Crippen LogP contribution in [0.3, 0.4) is 0 Å². The maximum Gasteiger partial charge on any atom is 0.271 e. The number of aryl methyl sites for hydroxylation is 1. The molecule has 5 nitrogen and oxygen atoms in total. The Kier molecular flexibility index (Phi) is 3.65. The Bertz CT molecular complexity index is 706. The Morgan fingerprint density at radius 2 is 1.96 bits per heavy atom. The first kappa shape index (κ1) is 14.5. The highest BCUT2D eigenvalue weighted by Crippen LogP contribution is 2.23. The van der Waals surface area contributed by atoms with E-state index in [1.807, 2.05) is 23.1 Å². The number of amides is 1. The van der Waals surface area contributed by atoms with E-state index in [9.17, 15) is 4.79 Å². The normalized spacial score (nSPS) is 23.8. The van der Waals surface area contributed by atoms with E-state index in [0.717, 1.165) is 30.8 Å². The molecule has 1 aromatic heterocycles. The van der Waals surface area contributed by atoms with Crippen molar-refractivity contribution in [2.75, 3.05) is 13.1 Å². The van der Waals surface area contributed by atoms with Crippen molar-refractivity contribution in [1.29, 1.82) is 0 Å². The molecule has 2 bridgehead atoms. The molecular weight excluding hydrogens is 288 g/mol. The van der Waals surface area contributed by atoms with Crippen LogP contribution >= 0.6 is 0 Å². The zero-order chi connectivity index (χ0) is 15.8. The van der Waals surface area contributed by atoms with E-state index >= 15 is 0 Å². The maximum atomic E-state index is 12.8. The molecule has 0 saturated carbocycles. The van der Waals surface area contributed by atoms with Gasteiger partial charge >= 0.3 is 0 Å². The molecule has 2 aliphatic rings. The van der Waals surface area contributed by atoms with Gasteiger partial charge in [-0.2, -0.15) is 5.10 Å². The number of rotatable bonds is 2. The highest BCUT2D eigenvalue weighted by molar-refractivity contribution is 5.93. The topological polar surface area (TPSA) is 61.0 Å². The van der Waals surface area contributed by atoms with Gasteiger partial charge in [0.1, 0.15) is 5.69 Å². The summed E-state index contributed by atoms with van der Waals surface area (Å²) in [7, 11) is 0. The molecule has 0 aliphatic carbocycles. The van der Waals surface area contributed by atoms with Crippen LogP contribution in [0, 0.1) is 6.92 Å². The largest absolute Gasteiger partial charge is 0.336 e. The third-order valence-corrected chi connectivity index (χ3v) is 4.97. The summed E-state index contributed by atoms with van der Waals surface area (Å²) in [5.41, 5.74) is 3.65. The van der Waals surface area contributed by atoms with E-state index in [1.165, 1.54) is 18.4 Å². The van der Waals surface area contributed by atoms with Gasteiger partial charge in [-0.25, -0.2) is 0 Å². The van der Waals surface area contributed by atoms with Gasteiger partial charge in [0.15, 0.2) is 0 Å². The first-order valence-corrected chi connectivity index (χ1v) is 8.37. The van der Waals surface area contributed by atoms with Crippen molar-refractivity contribution in [2.24, 2.45) is 0 Å². The minimum atomic E-state index is 0.0604. The van der Waals surface area contributed by atoms with Gasteiger partial charge in [-0.05, 0) is 32.3 Å². The van der Waals surface area contributed by atoms with E-state index in [2.05, 4.69) is 34.6 Å². The van der Waals surface area contributed by atoms with Crippen molar-refractivity contribution in [2.45, 2.75) is 38.3 Å². The molecule has 1 aromatic carbocycles. The fourth-order valence-electron chi connectivity index (χ4n) is 3.60. The zero-order valence-electron chi connectivity index (χ0n) is 13.4. The van der Waals surface area contributed by atoms with E-state index in [-0.39, 0.29) is 5.91 Å². The molecule has 120 valence electrons. The fourth-order valence-corrected chi connectivity index (χ4v) is 3.60. The number of nitrogens with one attached hydrogen (secondary N) is 2. The van der Waals surface area contributed by atoms with Crippen LogP contribution in [0.25, 0.3) is 11.3 Å². The average Bonchev–Trinajstić information content (AvgIpc) is 3.14. The zero-order valence-corrected chi connectivity index (χ0v) is 13.4. The molecule has 2 saturated heterocycles. The summed E-state index contributed by atoms with van der Waals surface area (Å²) in [5.74, 6) is 0.0604. The summed E-state index contributed by atoms with van der Waals surface area (Å²) in [6.45, 7) is 3.68. The number of carbonyl (C=O) groups is 1. The van der Waals surface area contributed by atoms with E-state index in [1.54, 1.807) is 0 Å². The number of likely N-dealkylation sites (tertiary alicyclic amines) is 1. The molecule has 0 spiro atoms. The molecule has 1 amide bonds. The molecule has 0 radical (unpaired) electrons. The minimum absolute atomic E-state index is 0.0604. The Labute approximate surface area is 136 Å². The second-order valence-corrected chi connectivity index (χ2v) is 6.71. The van der Waals surface area contributed by atoms with Crippen molar-refractivity contribution >= 4 is 5.91 Å². The predicted molar refractivity (Wildman–Crippen MR) is 89.2 cm³/mol. The van der Waals surface area contributed by atoms with Crippen molar-refractivity contribution in [3.63, 3.8) is 0 Å². The Hall–Kier alpha value is -2.14. The number of carbonyl (C=O) groups excluding carboxylic acids is 1. The van der Waals surface area contributed by atoms with Gasteiger partial charge in [0.05, 0.1) is 5.69 Å². The molecule has 2 aromatic rings. The van der Waals surface area contributed by atoms with Crippen LogP contribution in [0.4, 0.5) is 0 Å². The number of aromatic amines is 1. The van der Waals surface area contributed by atoms with Gasteiger partial charge in [0, 0.05) is 30.7 Å². The predicted octanol–water partition coefficient (Wildman–Crippen LogP) is 2.35. The fraction of sp³-hybridized carbons (Fsp3) is 0.444. The summed E-state index contributed by atoms with van der Waals surface area (Å²) in [6, 6.07) is 11.1. The lowest BCUT2D eigenvalue weighted by atomic mass is 10.1. The first-order chi connectivity index (χ1) is 11.2. The molecule has 3 heterocycles. The van der Waals surface area contributed by atoms with Gasteiger partial charge in [-0.3, -0.25) is 9.89 Å². The number of hydrogen-bond donors (Lipinski definition) is 2. The van der Waals surface area contributed by atoms with E-state index < -0.39 is 0 Å². The van der Waals surface area contributed by atoms with Gasteiger partial charge in [0.25, 0.3) is 5.91 Å². The molecular formula is C18H22N4O. The van der Waals surface area contributed by atoms with Crippen molar-refractivity contribution in [3.8, 4) is 11.3 Å². The molecule has 2 N–H and O–H groups in total. The quantitative estimate of drug-likeness (QED) is 0.895. The Morgan fingerprint density at radius 1 is 1.17 bits per heavy atom. The van der Waals surface area contributed by atoms with Gasteiger partial charge in [-0.15, -0.1) is 0 Å². The summed E-state index contributed by atoms with van der Waals surface area (Å²) < 4.78 is 0. The number of aromatic nitrogens is 2. The average molecular weight is 310 g/mol. The first-order valence-electron chi connectivity index (χ1n) is 8.37. The molecule has 2 aliphatic heterocycles. The second kappa shape index (κ2) is 5.81. The van der Waals surface area contributed by atoms with Crippen molar-refractivity contribution in [1.82, 2.24) is 20.4 Å².